The molecule has 1 saturated heterocycles. The highest BCUT2D eigenvalue weighted by molar-refractivity contribution is 5.79. The Hall–Kier alpha value is -0.610. The van der Waals surface area contributed by atoms with E-state index in [4.69, 9.17) is 5.73 Å². The van der Waals surface area contributed by atoms with Crippen LogP contribution in [0.4, 0.5) is 0 Å². The minimum absolute atomic E-state index is 0.123. The fourth-order valence-corrected chi connectivity index (χ4v) is 3.64. The van der Waals surface area contributed by atoms with E-state index in [-0.39, 0.29) is 17.9 Å². The number of nitrogens with zero attached hydrogens (tertiary/aromatic N) is 1. The molecule has 2 rings (SSSR count). The van der Waals surface area contributed by atoms with E-state index < -0.39 is 0 Å². The maximum absolute atomic E-state index is 12.3. The summed E-state index contributed by atoms with van der Waals surface area (Å²) in [4.78, 5) is 14.8. The Labute approximate surface area is 123 Å². The average Bonchev–Trinajstić information content (AvgIpc) is 2.92. The summed E-state index contributed by atoms with van der Waals surface area (Å²) < 4.78 is 0. The number of amides is 1. The van der Waals surface area contributed by atoms with Gasteiger partial charge in [-0.05, 0) is 50.6 Å². The number of carbonyl (C=O) groups excluding carboxylic acids is 1. The highest BCUT2D eigenvalue weighted by atomic mass is 16.1. The summed E-state index contributed by atoms with van der Waals surface area (Å²) in [6.45, 7) is 8.73. The first-order valence-electron chi connectivity index (χ1n) is 8.33. The molecule has 0 bridgehead atoms. The van der Waals surface area contributed by atoms with Crippen LogP contribution in [0.3, 0.4) is 0 Å². The zero-order valence-corrected chi connectivity index (χ0v) is 13.1. The van der Waals surface area contributed by atoms with Crippen molar-refractivity contribution in [2.45, 2.75) is 52.0 Å². The summed E-state index contributed by atoms with van der Waals surface area (Å²) >= 11 is 0. The fraction of sp³-hybridized carbons (Fsp3) is 0.938. The lowest BCUT2D eigenvalue weighted by molar-refractivity contribution is -0.128. The third kappa shape index (κ3) is 4.19. The summed E-state index contributed by atoms with van der Waals surface area (Å²) in [6.07, 6.45) is 5.82. The standard InChI is InChI=1S/C16H31N3O/c1-12(11-19-8-3-4-9-19)10-18-16(20)14-6-5-7-15(17)13(14)2/h12-15H,3-11,17H2,1-2H3,(H,18,20). The second-order valence-corrected chi connectivity index (χ2v) is 6.92. The Bertz CT molecular complexity index is 315. The molecule has 3 N–H and O–H groups in total. The van der Waals surface area contributed by atoms with Gasteiger partial charge in [0.25, 0.3) is 0 Å². The molecule has 4 heteroatoms. The zero-order chi connectivity index (χ0) is 14.5. The molecule has 2 aliphatic rings. The number of hydrogen-bond acceptors (Lipinski definition) is 3. The largest absolute Gasteiger partial charge is 0.356 e. The van der Waals surface area contributed by atoms with Gasteiger partial charge in [-0.1, -0.05) is 20.3 Å². The molecular weight excluding hydrogens is 250 g/mol. The van der Waals surface area contributed by atoms with Gasteiger partial charge in [-0.2, -0.15) is 0 Å². The highest BCUT2D eigenvalue weighted by Crippen LogP contribution is 2.29. The van der Waals surface area contributed by atoms with Gasteiger partial charge in [0, 0.05) is 25.0 Å². The predicted molar refractivity (Wildman–Crippen MR) is 82.3 cm³/mol. The number of likely N-dealkylation sites (tertiary alicyclic amines) is 1. The van der Waals surface area contributed by atoms with E-state index in [1.807, 2.05) is 0 Å². The van der Waals surface area contributed by atoms with Crippen LogP contribution in [0.5, 0.6) is 0 Å². The van der Waals surface area contributed by atoms with E-state index in [2.05, 4.69) is 24.1 Å². The van der Waals surface area contributed by atoms with Gasteiger partial charge in [-0.3, -0.25) is 4.79 Å². The maximum atomic E-state index is 12.3. The highest BCUT2D eigenvalue weighted by Gasteiger charge is 2.32. The molecule has 20 heavy (non-hydrogen) atoms. The molecule has 1 amide bonds. The molecule has 4 unspecified atom stereocenters. The zero-order valence-electron chi connectivity index (χ0n) is 13.1. The second-order valence-electron chi connectivity index (χ2n) is 6.92. The van der Waals surface area contributed by atoms with E-state index in [0.717, 1.165) is 32.4 Å². The molecule has 2 fully saturated rings. The maximum Gasteiger partial charge on any atom is 0.223 e. The molecule has 4 nitrogen and oxygen atoms in total. The third-order valence-corrected chi connectivity index (χ3v) is 5.09. The molecule has 0 aromatic heterocycles. The molecule has 4 atom stereocenters. The third-order valence-electron chi connectivity index (χ3n) is 5.09. The molecule has 0 spiro atoms. The Kier molecular flexibility index (Phi) is 5.85. The van der Waals surface area contributed by atoms with Gasteiger partial charge in [0.15, 0.2) is 0 Å². The normalized spacial score (nSPS) is 33.0. The molecule has 1 heterocycles. The summed E-state index contributed by atoms with van der Waals surface area (Å²) in [5.74, 6) is 1.20. The first-order chi connectivity index (χ1) is 9.58. The quantitative estimate of drug-likeness (QED) is 0.805. The number of hydrogen-bond donors (Lipinski definition) is 2. The summed E-state index contributed by atoms with van der Waals surface area (Å²) in [5, 5.41) is 3.16. The van der Waals surface area contributed by atoms with Gasteiger partial charge >= 0.3 is 0 Å². The summed E-state index contributed by atoms with van der Waals surface area (Å²) in [7, 11) is 0. The van der Waals surface area contributed by atoms with E-state index in [9.17, 15) is 4.79 Å². The van der Waals surface area contributed by atoms with Gasteiger partial charge in [-0.15, -0.1) is 0 Å². The first-order valence-corrected chi connectivity index (χ1v) is 8.33. The SMILES string of the molecule is CC(CNC(=O)C1CCCC(N)C1C)CN1CCCC1. The van der Waals surface area contributed by atoms with E-state index in [0.29, 0.717) is 11.8 Å². The van der Waals surface area contributed by atoms with Crippen LogP contribution in [0.2, 0.25) is 0 Å². The molecular formula is C16H31N3O. The topological polar surface area (TPSA) is 58.4 Å². The lowest BCUT2D eigenvalue weighted by atomic mass is 9.77. The van der Waals surface area contributed by atoms with Crippen LogP contribution in [-0.4, -0.2) is 43.0 Å². The molecule has 0 aromatic rings. The lowest BCUT2D eigenvalue weighted by Crippen LogP contribution is -2.45. The summed E-state index contributed by atoms with van der Waals surface area (Å²) in [6, 6.07) is 0.196. The van der Waals surface area contributed by atoms with Crippen LogP contribution in [0.15, 0.2) is 0 Å². The monoisotopic (exact) mass is 281 g/mol. The van der Waals surface area contributed by atoms with Gasteiger partial charge in [0.2, 0.25) is 5.91 Å². The average molecular weight is 281 g/mol. The Morgan fingerprint density at radius 2 is 2.00 bits per heavy atom. The van der Waals surface area contributed by atoms with Crippen LogP contribution in [0, 0.1) is 17.8 Å². The number of nitrogens with two attached hydrogens (primary N) is 1. The van der Waals surface area contributed by atoms with Crippen molar-refractivity contribution in [3.8, 4) is 0 Å². The van der Waals surface area contributed by atoms with E-state index >= 15 is 0 Å². The summed E-state index contributed by atoms with van der Waals surface area (Å²) in [5.41, 5.74) is 6.08. The Morgan fingerprint density at radius 3 is 2.70 bits per heavy atom. The molecule has 0 radical (unpaired) electrons. The number of nitrogens with one attached hydrogen (secondary N) is 1. The van der Waals surface area contributed by atoms with Crippen LogP contribution >= 0.6 is 0 Å². The van der Waals surface area contributed by atoms with E-state index in [1.165, 1.54) is 25.9 Å². The van der Waals surface area contributed by atoms with Gasteiger partial charge < -0.3 is 16.0 Å². The van der Waals surface area contributed by atoms with Crippen LogP contribution in [0.25, 0.3) is 0 Å². The predicted octanol–water partition coefficient (Wildman–Crippen LogP) is 1.60. The molecule has 1 saturated carbocycles. The smallest absolute Gasteiger partial charge is 0.223 e. The van der Waals surface area contributed by atoms with Crippen molar-refractivity contribution >= 4 is 5.91 Å². The number of carbonyl (C=O) groups is 1. The van der Waals surface area contributed by atoms with Gasteiger partial charge in [0.1, 0.15) is 0 Å². The molecule has 1 aliphatic heterocycles. The van der Waals surface area contributed by atoms with E-state index in [1.54, 1.807) is 0 Å². The van der Waals surface area contributed by atoms with Crippen LogP contribution in [0.1, 0.15) is 46.0 Å². The van der Waals surface area contributed by atoms with Crippen LogP contribution < -0.4 is 11.1 Å². The Balaban J connectivity index is 1.70. The van der Waals surface area contributed by atoms with Crippen molar-refractivity contribution < 1.29 is 4.79 Å². The molecule has 0 aromatic carbocycles. The van der Waals surface area contributed by atoms with Crippen molar-refractivity contribution in [2.24, 2.45) is 23.5 Å². The van der Waals surface area contributed by atoms with Gasteiger partial charge in [0.05, 0.1) is 0 Å². The van der Waals surface area contributed by atoms with Crippen molar-refractivity contribution in [1.82, 2.24) is 10.2 Å². The first kappa shape index (κ1) is 15.8. The minimum Gasteiger partial charge on any atom is -0.356 e. The number of rotatable bonds is 5. The molecule has 116 valence electrons. The van der Waals surface area contributed by atoms with Crippen molar-refractivity contribution in [3.63, 3.8) is 0 Å². The Morgan fingerprint density at radius 1 is 1.30 bits per heavy atom. The fourth-order valence-electron chi connectivity index (χ4n) is 3.64. The lowest BCUT2D eigenvalue weighted by Gasteiger charge is -2.33. The van der Waals surface area contributed by atoms with Crippen molar-refractivity contribution in [3.05, 3.63) is 0 Å². The van der Waals surface area contributed by atoms with Crippen LogP contribution in [-0.2, 0) is 4.79 Å². The van der Waals surface area contributed by atoms with Gasteiger partial charge in [-0.25, -0.2) is 0 Å². The van der Waals surface area contributed by atoms with Crippen molar-refractivity contribution in [1.29, 1.82) is 0 Å². The van der Waals surface area contributed by atoms with Crippen molar-refractivity contribution in [2.75, 3.05) is 26.2 Å². The minimum atomic E-state index is 0.123. The second kappa shape index (κ2) is 7.41. The molecule has 1 aliphatic carbocycles.